The van der Waals surface area contributed by atoms with Gasteiger partial charge in [-0.3, -0.25) is 0 Å². The van der Waals surface area contributed by atoms with E-state index in [0.29, 0.717) is 22.7 Å². The molecule has 0 aliphatic rings. The molecule has 0 spiro atoms. The van der Waals surface area contributed by atoms with Crippen LogP contribution >= 0.6 is 11.8 Å². The highest BCUT2D eigenvalue weighted by molar-refractivity contribution is 7.99. The summed E-state index contributed by atoms with van der Waals surface area (Å²) in [5, 5.41) is 13.2. The van der Waals surface area contributed by atoms with E-state index < -0.39 is 0 Å². The molecule has 0 bridgehead atoms. The van der Waals surface area contributed by atoms with Crippen molar-refractivity contribution in [3.8, 4) is 11.5 Å². The van der Waals surface area contributed by atoms with Gasteiger partial charge in [0.1, 0.15) is 0 Å². The summed E-state index contributed by atoms with van der Waals surface area (Å²) in [5.41, 5.74) is 2.12. The minimum atomic E-state index is 0.217. The van der Waals surface area contributed by atoms with Crippen molar-refractivity contribution in [1.82, 2.24) is 10.1 Å². The molecular formula is C14H18N2O2S. The van der Waals surface area contributed by atoms with Gasteiger partial charge in [0.05, 0.1) is 5.75 Å². The van der Waals surface area contributed by atoms with Crippen LogP contribution in [-0.4, -0.2) is 27.1 Å². The normalized spacial score (nSPS) is 12.6. The maximum Gasteiger partial charge on any atom is 0.257 e. The van der Waals surface area contributed by atoms with Crippen LogP contribution in [0.15, 0.2) is 28.8 Å². The van der Waals surface area contributed by atoms with Crippen LogP contribution in [0.1, 0.15) is 24.7 Å². The third-order valence-electron chi connectivity index (χ3n) is 2.77. The molecule has 1 aromatic carbocycles. The number of aryl methyl sites for hydroxylation is 1. The van der Waals surface area contributed by atoms with Crippen LogP contribution in [0, 0.1) is 6.92 Å². The van der Waals surface area contributed by atoms with Gasteiger partial charge < -0.3 is 9.63 Å². The highest BCUT2D eigenvalue weighted by atomic mass is 32.2. The summed E-state index contributed by atoms with van der Waals surface area (Å²) in [6.07, 6.45) is 0.785. The average Bonchev–Trinajstić information content (AvgIpc) is 2.85. The molecule has 1 aromatic heterocycles. The van der Waals surface area contributed by atoms with Gasteiger partial charge in [0.2, 0.25) is 0 Å². The summed E-state index contributed by atoms with van der Waals surface area (Å²) in [5.74, 6) is 1.97. The van der Waals surface area contributed by atoms with E-state index in [-0.39, 0.29) is 6.61 Å². The number of aromatic nitrogens is 2. The van der Waals surface area contributed by atoms with Gasteiger partial charge in [-0.05, 0) is 25.5 Å². The minimum absolute atomic E-state index is 0.217. The first-order valence-corrected chi connectivity index (χ1v) is 7.36. The number of thioether (sulfide) groups is 1. The zero-order valence-corrected chi connectivity index (χ0v) is 12.0. The van der Waals surface area contributed by atoms with E-state index in [9.17, 15) is 0 Å². The molecule has 0 fully saturated rings. The van der Waals surface area contributed by atoms with Gasteiger partial charge in [0.15, 0.2) is 5.82 Å². The molecule has 0 aliphatic carbocycles. The Labute approximate surface area is 117 Å². The SMILES string of the molecule is Cc1cccc(-c2nc(CSC(C)CCO)no2)c1. The fourth-order valence-corrected chi connectivity index (χ4v) is 2.51. The molecule has 0 amide bonds. The molecule has 1 N–H and O–H groups in total. The van der Waals surface area contributed by atoms with Crippen molar-refractivity contribution in [2.75, 3.05) is 6.61 Å². The Morgan fingerprint density at radius 3 is 3.00 bits per heavy atom. The van der Waals surface area contributed by atoms with E-state index in [1.807, 2.05) is 31.2 Å². The summed E-state index contributed by atoms with van der Waals surface area (Å²) in [6, 6.07) is 8.00. The van der Waals surface area contributed by atoms with E-state index in [1.165, 1.54) is 5.56 Å². The first kappa shape index (κ1) is 14.1. The highest BCUT2D eigenvalue weighted by Gasteiger charge is 2.10. The lowest BCUT2D eigenvalue weighted by molar-refractivity contribution is 0.289. The first-order chi connectivity index (χ1) is 9.19. The standard InChI is InChI=1S/C14H18N2O2S/c1-10-4-3-5-12(8-10)14-15-13(16-18-14)9-19-11(2)6-7-17/h3-5,8,11,17H,6-7,9H2,1-2H3. The summed E-state index contributed by atoms with van der Waals surface area (Å²) in [7, 11) is 0. The summed E-state index contributed by atoms with van der Waals surface area (Å²) < 4.78 is 5.27. The molecule has 0 aliphatic heterocycles. The second-order valence-corrected chi connectivity index (χ2v) is 5.95. The van der Waals surface area contributed by atoms with E-state index in [0.717, 1.165) is 12.0 Å². The predicted octanol–water partition coefficient (Wildman–Crippen LogP) is 3.05. The lowest BCUT2D eigenvalue weighted by Gasteiger charge is -2.06. The first-order valence-electron chi connectivity index (χ1n) is 6.31. The number of aliphatic hydroxyl groups excluding tert-OH is 1. The van der Waals surface area contributed by atoms with Gasteiger partial charge in [-0.15, -0.1) is 0 Å². The van der Waals surface area contributed by atoms with Crippen molar-refractivity contribution in [3.05, 3.63) is 35.7 Å². The zero-order valence-electron chi connectivity index (χ0n) is 11.2. The van der Waals surface area contributed by atoms with Crippen molar-refractivity contribution < 1.29 is 9.63 Å². The molecule has 1 atom stereocenters. The topological polar surface area (TPSA) is 59.2 Å². The van der Waals surface area contributed by atoms with Crippen LogP contribution < -0.4 is 0 Å². The Kier molecular flexibility index (Phi) is 4.99. The van der Waals surface area contributed by atoms with Crippen LogP contribution in [0.2, 0.25) is 0 Å². The molecule has 2 rings (SSSR count). The molecule has 5 heteroatoms. The molecular weight excluding hydrogens is 260 g/mol. The largest absolute Gasteiger partial charge is 0.396 e. The Balaban J connectivity index is 1.99. The smallest absolute Gasteiger partial charge is 0.257 e. The number of aliphatic hydroxyl groups is 1. The van der Waals surface area contributed by atoms with Crippen LogP contribution in [0.25, 0.3) is 11.5 Å². The van der Waals surface area contributed by atoms with Crippen LogP contribution in [0.3, 0.4) is 0 Å². The summed E-state index contributed by atoms with van der Waals surface area (Å²) in [4.78, 5) is 4.39. The van der Waals surface area contributed by atoms with E-state index in [2.05, 4.69) is 17.1 Å². The molecule has 0 saturated heterocycles. The van der Waals surface area contributed by atoms with Gasteiger partial charge in [-0.1, -0.05) is 29.8 Å². The number of benzene rings is 1. The predicted molar refractivity (Wildman–Crippen MR) is 76.9 cm³/mol. The van der Waals surface area contributed by atoms with Gasteiger partial charge in [-0.25, -0.2) is 0 Å². The second-order valence-electron chi connectivity index (χ2n) is 4.52. The molecule has 2 aromatic rings. The van der Waals surface area contributed by atoms with Gasteiger partial charge in [-0.2, -0.15) is 16.7 Å². The summed E-state index contributed by atoms with van der Waals surface area (Å²) in [6.45, 7) is 4.34. The van der Waals surface area contributed by atoms with E-state index >= 15 is 0 Å². The average molecular weight is 278 g/mol. The fraction of sp³-hybridized carbons (Fsp3) is 0.429. The maximum atomic E-state index is 8.85. The van der Waals surface area contributed by atoms with Crippen molar-refractivity contribution in [3.63, 3.8) is 0 Å². The third kappa shape index (κ3) is 4.08. The Bertz CT molecular complexity index is 528. The third-order valence-corrected chi connectivity index (χ3v) is 4.00. The molecule has 0 radical (unpaired) electrons. The number of nitrogens with zero attached hydrogens (tertiary/aromatic N) is 2. The Hall–Kier alpha value is -1.33. The molecule has 0 saturated carbocycles. The zero-order chi connectivity index (χ0) is 13.7. The van der Waals surface area contributed by atoms with Gasteiger partial charge in [0, 0.05) is 17.4 Å². The highest BCUT2D eigenvalue weighted by Crippen LogP contribution is 2.22. The Morgan fingerprint density at radius 2 is 2.26 bits per heavy atom. The quantitative estimate of drug-likeness (QED) is 0.880. The number of hydrogen-bond acceptors (Lipinski definition) is 5. The fourth-order valence-electron chi connectivity index (χ4n) is 1.69. The van der Waals surface area contributed by atoms with E-state index in [4.69, 9.17) is 9.63 Å². The lowest BCUT2D eigenvalue weighted by atomic mass is 10.1. The second kappa shape index (κ2) is 6.73. The van der Waals surface area contributed by atoms with Crippen LogP contribution in [0.5, 0.6) is 0 Å². The summed E-state index contributed by atoms with van der Waals surface area (Å²) >= 11 is 1.72. The van der Waals surface area contributed by atoms with Crippen molar-refractivity contribution in [2.24, 2.45) is 0 Å². The van der Waals surface area contributed by atoms with E-state index in [1.54, 1.807) is 11.8 Å². The van der Waals surface area contributed by atoms with Crippen LogP contribution in [-0.2, 0) is 5.75 Å². The maximum absolute atomic E-state index is 8.85. The van der Waals surface area contributed by atoms with Crippen molar-refractivity contribution >= 4 is 11.8 Å². The molecule has 1 unspecified atom stereocenters. The molecule has 102 valence electrons. The minimum Gasteiger partial charge on any atom is -0.396 e. The number of hydrogen-bond donors (Lipinski definition) is 1. The molecule has 19 heavy (non-hydrogen) atoms. The van der Waals surface area contributed by atoms with Gasteiger partial charge in [0.25, 0.3) is 5.89 Å². The lowest BCUT2D eigenvalue weighted by Crippen LogP contribution is -2.00. The monoisotopic (exact) mass is 278 g/mol. The van der Waals surface area contributed by atoms with Crippen LogP contribution in [0.4, 0.5) is 0 Å². The van der Waals surface area contributed by atoms with Crippen molar-refractivity contribution in [2.45, 2.75) is 31.3 Å². The number of rotatable bonds is 6. The van der Waals surface area contributed by atoms with Crippen molar-refractivity contribution in [1.29, 1.82) is 0 Å². The molecule has 4 nitrogen and oxygen atoms in total. The molecule has 1 heterocycles. The van der Waals surface area contributed by atoms with Gasteiger partial charge >= 0.3 is 0 Å². The Morgan fingerprint density at radius 1 is 1.42 bits per heavy atom.